The Hall–Kier alpha value is -3.15. The number of hydrogen-bond donors (Lipinski definition) is 2. The average Bonchev–Trinajstić information content (AvgIpc) is 2.67. The molecule has 0 spiro atoms. The molecule has 0 fully saturated rings. The highest BCUT2D eigenvalue weighted by Crippen LogP contribution is 2.12. The van der Waals surface area contributed by atoms with Gasteiger partial charge in [-0.25, -0.2) is 5.43 Å². The van der Waals surface area contributed by atoms with E-state index in [0.717, 1.165) is 12.0 Å². The maximum atomic E-state index is 12.0. The van der Waals surface area contributed by atoms with Crippen molar-refractivity contribution in [3.05, 3.63) is 65.7 Å². The van der Waals surface area contributed by atoms with Crippen molar-refractivity contribution in [2.45, 2.75) is 26.2 Å². The third-order valence-electron chi connectivity index (χ3n) is 3.70. The fraction of sp³-hybridized carbons (Fsp3) is 0.250. The second-order valence-corrected chi connectivity index (χ2v) is 5.64. The Morgan fingerprint density at radius 2 is 1.73 bits per heavy atom. The van der Waals surface area contributed by atoms with Gasteiger partial charge >= 0.3 is 5.97 Å². The van der Waals surface area contributed by atoms with E-state index in [1.165, 1.54) is 5.56 Å². The molecule has 1 amide bonds. The van der Waals surface area contributed by atoms with Gasteiger partial charge in [-0.15, -0.1) is 0 Å². The number of amides is 1. The van der Waals surface area contributed by atoms with E-state index >= 15 is 0 Å². The molecule has 0 saturated carbocycles. The number of carboxylic acid groups (broad SMARTS) is 1. The van der Waals surface area contributed by atoms with E-state index in [1.54, 1.807) is 0 Å². The number of nitrogens with one attached hydrogen (secondary N) is 1. The third-order valence-corrected chi connectivity index (χ3v) is 3.70. The molecule has 0 atom stereocenters. The molecule has 2 N–H and O–H groups in total. The summed E-state index contributed by atoms with van der Waals surface area (Å²) < 4.78 is 5.43. The minimum atomic E-state index is -0.918. The van der Waals surface area contributed by atoms with E-state index < -0.39 is 11.9 Å². The van der Waals surface area contributed by atoms with Gasteiger partial charge in [0, 0.05) is 6.42 Å². The molecule has 6 heteroatoms. The lowest BCUT2D eigenvalue weighted by Crippen LogP contribution is -2.26. The van der Waals surface area contributed by atoms with Crippen LogP contribution in [0.1, 0.15) is 30.9 Å². The number of ether oxygens (including phenoxy) is 1. The first kappa shape index (κ1) is 19.2. The highest BCUT2D eigenvalue weighted by atomic mass is 16.5. The Labute approximate surface area is 152 Å². The molecular weight excluding hydrogens is 332 g/mol. The van der Waals surface area contributed by atoms with Gasteiger partial charge in [0.2, 0.25) is 0 Å². The van der Waals surface area contributed by atoms with Crippen molar-refractivity contribution in [2.75, 3.05) is 6.61 Å². The van der Waals surface area contributed by atoms with Crippen molar-refractivity contribution in [1.82, 2.24) is 5.43 Å². The van der Waals surface area contributed by atoms with Gasteiger partial charge < -0.3 is 9.84 Å². The minimum Gasteiger partial charge on any atom is -0.484 e. The molecule has 0 radical (unpaired) electrons. The summed E-state index contributed by atoms with van der Waals surface area (Å²) in [6.07, 6.45) is 1.09. The number of aryl methyl sites for hydroxylation is 1. The summed E-state index contributed by atoms with van der Waals surface area (Å²) in [5.74, 6) is -0.720. The minimum absolute atomic E-state index is 0.0656. The fourth-order valence-electron chi connectivity index (χ4n) is 2.25. The second-order valence-electron chi connectivity index (χ2n) is 5.64. The summed E-state index contributed by atoms with van der Waals surface area (Å²) in [5.41, 5.74) is 4.90. The number of carbonyl (C=O) groups excluding carboxylic acids is 1. The zero-order valence-electron chi connectivity index (χ0n) is 14.6. The van der Waals surface area contributed by atoms with Crippen LogP contribution in [-0.4, -0.2) is 29.3 Å². The summed E-state index contributed by atoms with van der Waals surface area (Å²) in [4.78, 5) is 22.8. The number of hydrogen-bond acceptors (Lipinski definition) is 4. The van der Waals surface area contributed by atoms with Crippen LogP contribution in [0.4, 0.5) is 0 Å². The van der Waals surface area contributed by atoms with Gasteiger partial charge in [-0.1, -0.05) is 49.4 Å². The molecule has 6 nitrogen and oxygen atoms in total. The summed E-state index contributed by atoms with van der Waals surface area (Å²) in [7, 11) is 0. The first-order valence-electron chi connectivity index (χ1n) is 8.43. The van der Waals surface area contributed by atoms with Crippen molar-refractivity contribution >= 4 is 17.6 Å². The van der Waals surface area contributed by atoms with E-state index in [1.807, 2.05) is 54.6 Å². The van der Waals surface area contributed by atoms with Crippen LogP contribution in [0.15, 0.2) is 59.7 Å². The highest BCUT2D eigenvalue weighted by molar-refractivity contribution is 6.02. The van der Waals surface area contributed by atoms with E-state index in [-0.39, 0.29) is 19.4 Å². The molecule has 0 aliphatic carbocycles. The number of carbonyl (C=O) groups is 2. The van der Waals surface area contributed by atoms with E-state index in [2.05, 4.69) is 17.5 Å². The summed E-state index contributed by atoms with van der Waals surface area (Å²) >= 11 is 0. The summed E-state index contributed by atoms with van der Waals surface area (Å²) in [6.45, 7) is 1.89. The molecule has 2 aromatic carbocycles. The van der Waals surface area contributed by atoms with Crippen molar-refractivity contribution in [3.63, 3.8) is 0 Å². The molecule has 136 valence electrons. The molecule has 0 aliphatic rings. The number of hydrazone groups is 1. The Morgan fingerprint density at radius 1 is 1.04 bits per heavy atom. The molecule has 2 rings (SSSR count). The average molecular weight is 354 g/mol. The fourth-order valence-corrected chi connectivity index (χ4v) is 2.25. The monoisotopic (exact) mass is 354 g/mol. The predicted octanol–water partition coefficient (Wildman–Crippen LogP) is 3.01. The quantitative estimate of drug-likeness (QED) is 0.535. The zero-order valence-corrected chi connectivity index (χ0v) is 14.6. The Bertz CT molecular complexity index is 755. The first-order chi connectivity index (χ1) is 12.6. The van der Waals surface area contributed by atoms with Crippen LogP contribution in [0.3, 0.4) is 0 Å². The van der Waals surface area contributed by atoms with Gasteiger partial charge in [0.15, 0.2) is 6.61 Å². The van der Waals surface area contributed by atoms with Crippen molar-refractivity contribution in [3.8, 4) is 5.75 Å². The highest BCUT2D eigenvalue weighted by Gasteiger charge is 2.08. The normalized spacial score (nSPS) is 11.0. The van der Waals surface area contributed by atoms with Crippen LogP contribution in [0.5, 0.6) is 5.75 Å². The molecule has 26 heavy (non-hydrogen) atoms. The zero-order chi connectivity index (χ0) is 18.8. The smallest absolute Gasteiger partial charge is 0.303 e. The third kappa shape index (κ3) is 6.39. The van der Waals surface area contributed by atoms with Crippen LogP contribution < -0.4 is 10.2 Å². The molecule has 0 aromatic heterocycles. The van der Waals surface area contributed by atoms with Gasteiger partial charge in [0.05, 0.1) is 12.1 Å². The van der Waals surface area contributed by atoms with Gasteiger partial charge in [0.25, 0.3) is 5.91 Å². The predicted molar refractivity (Wildman–Crippen MR) is 99.3 cm³/mol. The molecule has 0 unspecified atom stereocenters. The maximum Gasteiger partial charge on any atom is 0.303 e. The summed E-state index contributed by atoms with van der Waals surface area (Å²) in [6, 6.07) is 16.7. The summed E-state index contributed by atoms with van der Waals surface area (Å²) in [5, 5.41) is 13.0. The largest absolute Gasteiger partial charge is 0.484 e. The molecular formula is C20H22N2O4. The number of benzene rings is 2. The number of carboxylic acids is 1. The Balaban J connectivity index is 1.93. The second kappa shape index (κ2) is 9.98. The van der Waals surface area contributed by atoms with Crippen LogP contribution >= 0.6 is 0 Å². The molecule has 0 saturated heterocycles. The van der Waals surface area contributed by atoms with E-state index in [4.69, 9.17) is 9.84 Å². The van der Waals surface area contributed by atoms with Gasteiger partial charge in [-0.05, 0) is 29.7 Å². The van der Waals surface area contributed by atoms with Crippen molar-refractivity contribution in [2.24, 2.45) is 5.10 Å². The lowest BCUT2D eigenvalue weighted by atomic mass is 10.1. The van der Waals surface area contributed by atoms with E-state index in [9.17, 15) is 9.59 Å². The van der Waals surface area contributed by atoms with Crippen LogP contribution in [0.2, 0.25) is 0 Å². The topological polar surface area (TPSA) is 88.0 Å². The molecule has 0 aliphatic heterocycles. The maximum absolute atomic E-state index is 12.0. The van der Waals surface area contributed by atoms with Gasteiger partial charge in [-0.2, -0.15) is 5.10 Å². The first-order valence-corrected chi connectivity index (χ1v) is 8.43. The van der Waals surface area contributed by atoms with Gasteiger partial charge in [-0.3, -0.25) is 9.59 Å². The number of rotatable bonds is 9. The number of aliphatic carboxylic acids is 1. The SMILES string of the molecule is CCc1ccc(OCC(=O)NN=C(CCC(=O)O)c2ccccc2)cc1. The lowest BCUT2D eigenvalue weighted by Gasteiger charge is -2.08. The molecule has 0 heterocycles. The van der Waals surface area contributed by atoms with Crippen LogP contribution in [0, 0.1) is 0 Å². The Kier molecular flexibility index (Phi) is 7.36. The number of nitrogens with zero attached hydrogens (tertiary/aromatic N) is 1. The van der Waals surface area contributed by atoms with E-state index in [0.29, 0.717) is 11.5 Å². The van der Waals surface area contributed by atoms with Crippen molar-refractivity contribution in [1.29, 1.82) is 0 Å². The van der Waals surface area contributed by atoms with Crippen molar-refractivity contribution < 1.29 is 19.4 Å². The van der Waals surface area contributed by atoms with Crippen LogP contribution in [-0.2, 0) is 16.0 Å². The van der Waals surface area contributed by atoms with Gasteiger partial charge in [0.1, 0.15) is 5.75 Å². The lowest BCUT2D eigenvalue weighted by molar-refractivity contribution is -0.136. The van der Waals surface area contributed by atoms with Crippen LogP contribution in [0.25, 0.3) is 0 Å². The standard InChI is InChI=1S/C20H22N2O4/c1-2-15-8-10-17(11-9-15)26-14-19(23)22-21-18(12-13-20(24)25)16-6-4-3-5-7-16/h3-11H,2,12-14H2,1H3,(H,22,23)(H,24,25). The molecule has 2 aromatic rings. The Morgan fingerprint density at radius 3 is 2.35 bits per heavy atom. The molecule has 0 bridgehead atoms.